The van der Waals surface area contributed by atoms with Crippen LogP contribution in [0.2, 0.25) is 0 Å². The van der Waals surface area contributed by atoms with Crippen molar-refractivity contribution in [3.63, 3.8) is 0 Å². The summed E-state index contributed by atoms with van der Waals surface area (Å²) in [6, 6.07) is 3.88. The van der Waals surface area contributed by atoms with Crippen LogP contribution in [0, 0.1) is 0 Å². The number of aromatic nitrogens is 5. The van der Waals surface area contributed by atoms with Gasteiger partial charge in [-0.05, 0) is 32.1 Å². The molecule has 0 bridgehead atoms. The van der Waals surface area contributed by atoms with E-state index in [2.05, 4.69) is 16.5 Å². The Kier molecular flexibility index (Phi) is 4.32. The van der Waals surface area contributed by atoms with Crippen LogP contribution in [0.5, 0.6) is 0 Å². The molecule has 2 aliphatic rings. The van der Waals surface area contributed by atoms with Gasteiger partial charge in [0.1, 0.15) is 11.2 Å². The van der Waals surface area contributed by atoms with E-state index < -0.39 is 5.41 Å². The van der Waals surface area contributed by atoms with E-state index in [-0.39, 0.29) is 11.5 Å². The van der Waals surface area contributed by atoms with Crippen LogP contribution in [0.1, 0.15) is 31.7 Å². The van der Waals surface area contributed by atoms with E-state index in [1.54, 1.807) is 26.5 Å². The van der Waals surface area contributed by atoms with Crippen molar-refractivity contribution in [1.82, 2.24) is 24.3 Å². The van der Waals surface area contributed by atoms with Gasteiger partial charge in [0, 0.05) is 18.3 Å². The minimum absolute atomic E-state index is 0.142. The Morgan fingerprint density at radius 1 is 1.27 bits per heavy atom. The number of carbonyl (C=O) groups is 1. The lowest BCUT2D eigenvalue weighted by Crippen LogP contribution is -2.45. The second-order valence-corrected chi connectivity index (χ2v) is 8.38. The van der Waals surface area contributed by atoms with Crippen molar-refractivity contribution in [1.29, 1.82) is 0 Å². The van der Waals surface area contributed by atoms with Gasteiger partial charge in [0.2, 0.25) is 5.91 Å². The van der Waals surface area contributed by atoms with Crippen LogP contribution in [0.15, 0.2) is 40.9 Å². The van der Waals surface area contributed by atoms with Gasteiger partial charge in [0.15, 0.2) is 16.6 Å². The van der Waals surface area contributed by atoms with Crippen molar-refractivity contribution < 1.29 is 4.79 Å². The zero-order valence-corrected chi connectivity index (χ0v) is 17.8. The number of anilines is 1. The number of hydrogen-bond donors (Lipinski definition) is 0. The van der Waals surface area contributed by atoms with Gasteiger partial charge in [-0.15, -0.1) is 6.58 Å². The maximum atomic E-state index is 13.1. The van der Waals surface area contributed by atoms with Gasteiger partial charge in [-0.1, -0.05) is 30.3 Å². The molecule has 1 saturated carbocycles. The number of thioether (sulfide) groups is 1. The Balaban J connectivity index is 1.77. The fourth-order valence-electron chi connectivity index (χ4n) is 4.54. The molecule has 30 heavy (non-hydrogen) atoms. The standard InChI is InChI=1S/C21H22N6O2S/c1-4-11-26-18(28)13-12-22-20(30-3)24-16(13)27(26)15-8-7-14-17(23-15)25(5-2)19(29)21(14)9-6-10-21/h4,7-8,12H,1,5-6,9-11H2,2-3H3. The summed E-state index contributed by atoms with van der Waals surface area (Å²) < 4.78 is 3.27. The summed E-state index contributed by atoms with van der Waals surface area (Å²) in [5.74, 6) is 1.39. The van der Waals surface area contributed by atoms with Gasteiger partial charge in [-0.2, -0.15) is 0 Å². The van der Waals surface area contributed by atoms with Crippen LogP contribution < -0.4 is 10.5 Å². The third kappa shape index (κ3) is 2.38. The van der Waals surface area contributed by atoms with E-state index >= 15 is 0 Å². The molecule has 1 fully saturated rings. The molecule has 0 atom stereocenters. The molecule has 0 unspecified atom stereocenters. The number of fused-ring (bicyclic) bond motifs is 3. The molecule has 1 spiro atoms. The Morgan fingerprint density at radius 3 is 2.70 bits per heavy atom. The molecule has 0 radical (unpaired) electrons. The molecule has 1 aliphatic carbocycles. The molecular weight excluding hydrogens is 400 g/mol. The van der Waals surface area contributed by atoms with E-state index in [4.69, 9.17) is 4.98 Å². The van der Waals surface area contributed by atoms with E-state index in [0.717, 1.165) is 24.8 Å². The van der Waals surface area contributed by atoms with Crippen molar-refractivity contribution >= 4 is 34.5 Å². The highest BCUT2D eigenvalue weighted by Crippen LogP contribution is 2.52. The summed E-state index contributed by atoms with van der Waals surface area (Å²) in [4.78, 5) is 41.6. The second kappa shape index (κ2) is 6.80. The van der Waals surface area contributed by atoms with E-state index in [9.17, 15) is 9.59 Å². The first-order chi connectivity index (χ1) is 14.6. The molecule has 0 N–H and O–H groups in total. The van der Waals surface area contributed by atoms with Crippen molar-refractivity contribution in [3.8, 4) is 5.82 Å². The van der Waals surface area contributed by atoms with Crippen LogP contribution >= 0.6 is 11.8 Å². The molecule has 3 aromatic rings. The number of amides is 1. The van der Waals surface area contributed by atoms with E-state index in [1.807, 2.05) is 25.3 Å². The number of hydrogen-bond acceptors (Lipinski definition) is 6. The van der Waals surface area contributed by atoms with Gasteiger partial charge in [-0.3, -0.25) is 14.5 Å². The first kappa shape index (κ1) is 19.0. The lowest BCUT2D eigenvalue weighted by Gasteiger charge is -2.36. The van der Waals surface area contributed by atoms with Crippen molar-refractivity contribution in [3.05, 3.63) is 46.9 Å². The smallest absolute Gasteiger partial charge is 0.278 e. The van der Waals surface area contributed by atoms with Crippen molar-refractivity contribution in [2.45, 2.75) is 43.3 Å². The molecule has 4 heterocycles. The Morgan fingerprint density at radius 2 is 2.07 bits per heavy atom. The summed E-state index contributed by atoms with van der Waals surface area (Å²) in [7, 11) is 0. The Hall–Kier alpha value is -2.94. The van der Waals surface area contributed by atoms with Gasteiger partial charge in [0.05, 0.1) is 12.0 Å². The molecule has 0 aromatic carbocycles. The average molecular weight is 423 g/mol. The van der Waals surface area contributed by atoms with E-state index in [1.165, 1.54) is 11.8 Å². The number of likely N-dealkylation sites (N-methyl/N-ethyl adjacent to an activating group) is 1. The number of nitrogens with zero attached hydrogens (tertiary/aromatic N) is 6. The molecular formula is C21H22N6O2S. The zero-order valence-electron chi connectivity index (χ0n) is 17.0. The third-order valence-corrected chi connectivity index (χ3v) is 6.73. The number of pyridine rings is 1. The lowest BCUT2D eigenvalue weighted by molar-refractivity contribution is -0.125. The number of allylic oxidation sites excluding steroid dienone is 1. The van der Waals surface area contributed by atoms with Crippen molar-refractivity contribution in [2.24, 2.45) is 0 Å². The van der Waals surface area contributed by atoms with Crippen LogP contribution in [-0.2, 0) is 16.8 Å². The van der Waals surface area contributed by atoms with Crippen LogP contribution in [0.4, 0.5) is 5.82 Å². The van der Waals surface area contributed by atoms with E-state index in [0.29, 0.717) is 40.9 Å². The average Bonchev–Trinajstić information content (AvgIpc) is 3.15. The Bertz CT molecular complexity index is 1260. The summed E-state index contributed by atoms with van der Waals surface area (Å²) in [6.07, 6.45) is 7.91. The molecule has 8 nitrogen and oxygen atoms in total. The summed E-state index contributed by atoms with van der Waals surface area (Å²) in [5.41, 5.74) is 0.890. The Labute approximate surface area is 177 Å². The summed E-state index contributed by atoms with van der Waals surface area (Å²) >= 11 is 1.41. The van der Waals surface area contributed by atoms with Gasteiger partial charge >= 0.3 is 0 Å². The fourth-order valence-corrected chi connectivity index (χ4v) is 4.88. The number of rotatable bonds is 5. The monoisotopic (exact) mass is 422 g/mol. The quantitative estimate of drug-likeness (QED) is 0.357. The number of carbonyl (C=O) groups excluding carboxylic acids is 1. The molecule has 3 aromatic heterocycles. The molecule has 0 saturated heterocycles. The van der Waals surface area contributed by atoms with Gasteiger partial charge in [0.25, 0.3) is 5.56 Å². The molecule has 154 valence electrons. The highest BCUT2D eigenvalue weighted by atomic mass is 32.2. The largest absolute Gasteiger partial charge is 0.296 e. The fraction of sp³-hybridized carbons (Fsp3) is 0.381. The SMILES string of the molecule is C=CCn1c(=O)c2cnc(SC)nc2n1-c1ccc2c(n1)N(CC)C(=O)C21CCC1. The second-order valence-electron chi connectivity index (χ2n) is 7.61. The summed E-state index contributed by atoms with van der Waals surface area (Å²) in [5, 5.41) is 1.00. The normalized spacial score (nSPS) is 16.9. The topological polar surface area (TPSA) is 85.9 Å². The third-order valence-electron chi connectivity index (χ3n) is 6.16. The predicted molar refractivity (Wildman–Crippen MR) is 116 cm³/mol. The first-order valence-corrected chi connectivity index (χ1v) is 11.3. The van der Waals surface area contributed by atoms with Crippen LogP contribution in [0.3, 0.4) is 0 Å². The van der Waals surface area contributed by atoms with Gasteiger partial charge < -0.3 is 0 Å². The lowest BCUT2D eigenvalue weighted by atomic mass is 9.65. The minimum atomic E-state index is -0.412. The highest BCUT2D eigenvalue weighted by Gasteiger charge is 2.54. The highest BCUT2D eigenvalue weighted by molar-refractivity contribution is 7.98. The minimum Gasteiger partial charge on any atom is -0.296 e. The summed E-state index contributed by atoms with van der Waals surface area (Å²) in [6.45, 7) is 6.62. The molecule has 1 aliphatic heterocycles. The maximum absolute atomic E-state index is 13.1. The van der Waals surface area contributed by atoms with Crippen LogP contribution in [0.25, 0.3) is 16.9 Å². The van der Waals surface area contributed by atoms with Crippen molar-refractivity contribution in [2.75, 3.05) is 17.7 Å². The molecule has 1 amide bonds. The van der Waals surface area contributed by atoms with Crippen LogP contribution in [-0.4, -0.2) is 43.0 Å². The maximum Gasteiger partial charge on any atom is 0.278 e. The predicted octanol–water partition coefficient (Wildman–Crippen LogP) is 2.67. The first-order valence-electron chi connectivity index (χ1n) is 10.0. The molecule has 9 heteroatoms. The molecule has 5 rings (SSSR count). The zero-order chi connectivity index (χ0) is 21.0. The van der Waals surface area contributed by atoms with Gasteiger partial charge in [-0.25, -0.2) is 24.3 Å².